The highest BCUT2D eigenvalue weighted by molar-refractivity contribution is 5.90. The molecule has 2 saturated heterocycles. The first kappa shape index (κ1) is 15.3. The number of hydrogen-bond acceptors (Lipinski definition) is 3. The monoisotopic (exact) mass is 282 g/mol. The van der Waals surface area contributed by atoms with Gasteiger partial charge in [0.25, 0.3) is 0 Å². The van der Waals surface area contributed by atoms with Crippen LogP contribution in [0.25, 0.3) is 0 Å². The second kappa shape index (κ2) is 5.72. The fourth-order valence-corrected chi connectivity index (χ4v) is 3.70. The lowest BCUT2D eigenvalue weighted by atomic mass is 9.78. The Balaban J connectivity index is 2.25. The lowest BCUT2D eigenvalue weighted by Gasteiger charge is -2.42. The maximum absolute atomic E-state index is 13.0. The normalized spacial score (nSPS) is 29.4. The van der Waals surface area contributed by atoms with Gasteiger partial charge < -0.3 is 15.3 Å². The average molecular weight is 282 g/mol. The van der Waals surface area contributed by atoms with Crippen LogP contribution in [0.1, 0.15) is 52.4 Å². The number of aliphatic carboxylic acids is 1. The molecule has 0 radical (unpaired) electrons. The summed E-state index contributed by atoms with van der Waals surface area (Å²) in [5, 5.41) is 13.0. The van der Waals surface area contributed by atoms with Crippen LogP contribution < -0.4 is 5.32 Å². The van der Waals surface area contributed by atoms with Crippen LogP contribution in [0.15, 0.2) is 0 Å². The standard InChI is InChI=1S/C15H26N2O3/c1-3-5-15(13(19)20)6-4-11-17(15)12(18)14(2)7-9-16-10-8-14/h16H,3-11H2,1-2H3,(H,19,20). The van der Waals surface area contributed by atoms with Crippen molar-refractivity contribution in [2.24, 2.45) is 5.41 Å². The molecule has 1 unspecified atom stereocenters. The number of carbonyl (C=O) groups is 2. The molecule has 2 rings (SSSR count). The zero-order valence-electron chi connectivity index (χ0n) is 12.6. The van der Waals surface area contributed by atoms with Gasteiger partial charge in [-0.25, -0.2) is 4.79 Å². The minimum absolute atomic E-state index is 0.0485. The molecule has 114 valence electrons. The summed E-state index contributed by atoms with van der Waals surface area (Å²) in [6.45, 7) is 6.24. The van der Waals surface area contributed by atoms with Crippen LogP contribution in [0.2, 0.25) is 0 Å². The fourth-order valence-electron chi connectivity index (χ4n) is 3.70. The van der Waals surface area contributed by atoms with E-state index in [0.717, 1.165) is 38.8 Å². The van der Waals surface area contributed by atoms with Crippen LogP contribution in [0.3, 0.4) is 0 Å². The summed E-state index contributed by atoms with van der Waals surface area (Å²) < 4.78 is 0. The van der Waals surface area contributed by atoms with E-state index < -0.39 is 16.9 Å². The highest BCUT2D eigenvalue weighted by Gasteiger charge is 2.52. The van der Waals surface area contributed by atoms with E-state index in [4.69, 9.17) is 0 Å². The summed E-state index contributed by atoms with van der Waals surface area (Å²) in [5.41, 5.74) is -1.36. The van der Waals surface area contributed by atoms with E-state index in [-0.39, 0.29) is 5.91 Å². The molecule has 0 spiro atoms. The Kier molecular flexibility index (Phi) is 4.37. The second-order valence-corrected chi connectivity index (χ2v) is 6.46. The maximum atomic E-state index is 13.0. The van der Waals surface area contributed by atoms with Crippen molar-refractivity contribution in [3.05, 3.63) is 0 Å². The van der Waals surface area contributed by atoms with Crippen LogP contribution >= 0.6 is 0 Å². The first-order chi connectivity index (χ1) is 9.46. The number of carboxylic acids is 1. The Morgan fingerprint density at radius 3 is 2.45 bits per heavy atom. The molecular weight excluding hydrogens is 256 g/mol. The third-order valence-corrected chi connectivity index (χ3v) is 5.02. The van der Waals surface area contributed by atoms with Crippen molar-refractivity contribution in [1.82, 2.24) is 10.2 Å². The van der Waals surface area contributed by atoms with E-state index in [2.05, 4.69) is 5.32 Å². The van der Waals surface area contributed by atoms with E-state index in [1.807, 2.05) is 13.8 Å². The minimum Gasteiger partial charge on any atom is -0.479 e. The van der Waals surface area contributed by atoms with Crippen molar-refractivity contribution in [3.63, 3.8) is 0 Å². The number of amides is 1. The SMILES string of the molecule is CCCC1(C(=O)O)CCCN1C(=O)C1(C)CCNCC1. The molecule has 0 saturated carbocycles. The van der Waals surface area contributed by atoms with Gasteiger partial charge in [0.05, 0.1) is 0 Å². The zero-order chi connectivity index (χ0) is 14.8. The van der Waals surface area contributed by atoms with Crippen LogP contribution in [0, 0.1) is 5.41 Å². The van der Waals surface area contributed by atoms with Gasteiger partial charge in [0.2, 0.25) is 5.91 Å². The van der Waals surface area contributed by atoms with Crippen LogP contribution in [-0.2, 0) is 9.59 Å². The minimum atomic E-state index is -0.959. The van der Waals surface area contributed by atoms with Gasteiger partial charge >= 0.3 is 5.97 Å². The number of piperidine rings is 1. The molecule has 0 aliphatic carbocycles. The number of nitrogens with one attached hydrogen (secondary N) is 1. The molecule has 2 aliphatic heterocycles. The molecule has 2 aliphatic rings. The molecule has 1 amide bonds. The van der Waals surface area contributed by atoms with Gasteiger partial charge in [-0.15, -0.1) is 0 Å². The van der Waals surface area contributed by atoms with Crippen LogP contribution in [0.5, 0.6) is 0 Å². The maximum Gasteiger partial charge on any atom is 0.329 e. The summed E-state index contributed by atoms with van der Waals surface area (Å²) in [5.74, 6) is -0.782. The van der Waals surface area contributed by atoms with E-state index in [0.29, 0.717) is 19.4 Å². The Hall–Kier alpha value is -1.10. The Morgan fingerprint density at radius 1 is 1.25 bits per heavy atom. The van der Waals surface area contributed by atoms with Crippen molar-refractivity contribution in [2.75, 3.05) is 19.6 Å². The average Bonchev–Trinajstić information content (AvgIpc) is 2.84. The fraction of sp³-hybridized carbons (Fsp3) is 0.867. The van der Waals surface area contributed by atoms with Gasteiger partial charge in [-0.2, -0.15) is 0 Å². The first-order valence-corrected chi connectivity index (χ1v) is 7.72. The third kappa shape index (κ3) is 2.43. The molecule has 2 N–H and O–H groups in total. The smallest absolute Gasteiger partial charge is 0.329 e. The first-order valence-electron chi connectivity index (χ1n) is 7.72. The van der Waals surface area contributed by atoms with Crippen molar-refractivity contribution in [2.45, 2.75) is 57.9 Å². The van der Waals surface area contributed by atoms with Crippen molar-refractivity contribution >= 4 is 11.9 Å². The molecule has 0 aromatic rings. The van der Waals surface area contributed by atoms with Gasteiger partial charge in [0, 0.05) is 12.0 Å². The van der Waals surface area contributed by atoms with E-state index in [1.165, 1.54) is 0 Å². The second-order valence-electron chi connectivity index (χ2n) is 6.46. The number of carboxylic acid groups (broad SMARTS) is 1. The molecule has 20 heavy (non-hydrogen) atoms. The van der Waals surface area contributed by atoms with Crippen LogP contribution in [-0.4, -0.2) is 47.1 Å². The zero-order valence-corrected chi connectivity index (χ0v) is 12.6. The predicted octanol–water partition coefficient (Wildman–Crippen LogP) is 1.62. The number of rotatable bonds is 4. The summed E-state index contributed by atoms with van der Waals surface area (Å²) in [7, 11) is 0. The molecular formula is C15H26N2O3. The Labute approximate surface area is 120 Å². The van der Waals surface area contributed by atoms with E-state index in [1.54, 1.807) is 4.90 Å². The Bertz CT molecular complexity index is 391. The molecule has 0 aromatic carbocycles. The molecule has 0 bridgehead atoms. The van der Waals surface area contributed by atoms with Crippen molar-refractivity contribution in [3.8, 4) is 0 Å². The Morgan fingerprint density at radius 2 is 1.90 bits per heavy atom. The molecule has 5 nitrogen and oxygen atoms in total. The quantitative estimate of drug-likeness (QED) is 0.822. The molecule has 5 heteroatoms. The van der Waals surface area contributed by atoms with Crippen molar-refractivity contribution in [1.29, 1.82) is 0 Å². The summed E-state index contributed by atoms with van der Waals surface area (Å²) in [4.78, 5) is 26.4. The van der Waals surface area contributed by atoms with E-state index in [9.17, 15) is 14.7 Å². The van der Waals surface area contributed by atoms with Crippen LogP contribution in [0.4, 0.5) is 0 Å². The number of nitrogens with zero attached hydrogens (tertiary/aromatic N) is 1. The lowest BCUT2D eigenvalue weighted by molar-refractivity contribution is -0.162. The summed E-state index contributed by atoms with van der Waals surface area (Å²) >= 11 is 0. The lowest BCUT2D eigenvalue weighted by Crippen LogP contribution is -2.58. The number of hydrogen-bond donors (Lipinski definition) is 2. The van der Waals surface area contributed by atoms with Gasteiger partial charge in [-0.3, -0.25) is 4.79 Å². The van der Waals surface area contributed by atoms with Gasteiger partial charge in [0.1, 0.15) is 5.54 Å². The molecule has 1 atom stereocenters. The molecule has 0 aromatic heterocycles. The summed E-state index contributed by atoms with van der Waals surface area (Å²) in [6.07, 6.45) is 4.33. The largest absolute Gasteiger partial charge is 0.479 e. The highest BCUT2D eigenvalue weighted by atomic mass is 16.4. The number of carbonyl (C=O) groups excluding carboxylic acids is 1. The molecule has 2 fully saturated rings. The van der Waals surface area contributed by atoms with E-state index >= 15 is 0 Å². The summed E-state index contributed by atoms with van der Waals surface area (Å²) in [6, 6.07) is 0. The number of likely N-dealkylation sites (tertiary alicyclic amines) is 1. The third-order valence-electron chi connectivity index (χ3n) is 5.02. The van der Waals surface area contributed by atoms with Gasteiger partial charge in [-0.05, 0) is 45.2 Å². The topological polar surface area (TPSA) is 69.6 Å². The van der Waals surface area contributed by atoms with Gasteiger partial charge in [0.15, 0.2) is 0 Å². The predicted molar refractivity (Wildman–Crippen MR) is 76.4 cm³/mol. The molecule has 2 heterocycles. The van der Waals surface area contributed by atoms with Crippen molar-refractivity contribution < 1.29 is 14.7 Å². The van der Waals surface area contributed by atoms with Gasteiger partial charge in [-0.1, -0.05) is 20.3 Å². The highest BCUT2D eigenvalue weighted by Crippen LogP contribution is 2.40.